The molecule has 1 aliphatic heterocycles. The summed E-state index contributed by atoms with van der Waals surface area (Å²) in [7, 11) is 0. The van der Waals surface area contributed by atoms with E-state index in [1.165, 1.54) is 15.7 Å². The third-order valence-corrected chi connectivity index (χ3v) is 3.64. The zero-order valence-electron chi connectivity index (χ0n) is 5.09. The first-order valence-electron chi connectivity index (χ1n) is 2.82. The lowest BCUT2D eigenvalue weighted by Gasteiger charge is -1.92. The minimum atomic E-state index is 0.787. The molecule has 1 fully saturated rings. The molecule has 2 nitrogen and oxygen atoms in total. The van der Waals surface area contributed by atoms with Gasteiger partial charge in [0.05, 0.1) is 0 Å². The average molecular weight is 162 g/mol. The lowest BCUT2D eigenvalue weighted by atomic mass is 10.7. The summed E-state index contributed by atoms with van der Waals surface area (Å²) in [6.45, 7) is 0.787. The van der Waals surface area contributed by atoms with E-state index in [9.17, 15) is 0 Å². The molecule has 52 valence electrons. The van der Waals surface area contributed by atoms with Gasteiger partial charge >= 0.3 is 0 Å². The number of rotatable bonds is 2. The van der Waals surface area contributed by atoms with Crippen LogP contribution in [0.4, 0.5) is 0 Å². The van der Waals surface area contributed by atoms with Crippen molar-refractivity contribution in [1.82, 2.24) is 5.43 Å². The van der Waals surface area contributed by atoms with E-state index in [4.69, 9.17) is 5.84 Å². The predicted octanol–water partition coefficient (Wildman–Crippen LogP) is 0.771. The van der Waals surface area contributed by atoms with Gasteiger partial charge in [0, 0.05) is 22.3 Å². The quantitative estimate of drug-likeness (QED) is 0.465. The van der Waals surface area contributed by atoms with Gasteiger partial charge in [-0.25, -0.2) is 0 Å². The molecule has 0 aromatic carbocycles. The highest BCUT2D eigenvalue weighted by molar-refractivity contribution is 8.25. The Morgan fingerprint density at radius 2 is 2.22 bits per heavy atom. The Kier molecular flexibility index (Phi) is 3.50. The van der Waals surface area contributed by atoms with Crippen molar-refractivity contribution in [2.24, 2.45) is 5.84 Å². The fourth-order valence-electron chi connectivity index (χ4n) is 0.586. The molecule has 0 radical (unpaired) electrons. The maximum Gasteiger partial charge on any atom is 0.0374 e. The van der Waals surface area contributed by atoms with E-state index < -0.39 is 0 Å². The second-order valence-corrected chi connectivity index (χ2v) is 4.16. The third-order valence-electron chi connectivity index (χ3n) is 0.959. The van der Waals surface area contributed by atoms with Crippen molar-refractivity contribution in [3.05, 3.63) is 10.3 Å². The lowest BCUT2D eigenvalue weighted by Crippen LogP contribution is -2.21. The second-order valence-electron chi connectivity index (χ2n) is 1.63. The minimum absolute atomic E-state index is 0.787. The van der Waals surface area contributed by atoms with Crippen molar-refractivity contribution >= 4 is 23.5 Å². The molecule has 0 unspecified atom stereocenters. The van der Waals surface area contributed by atoms with Crippen molar-refractivity contribution in [2.45, 2.75) is 0 Å². The van der Waals surface area contributed by atoms with Gasteiger partial charge in [-0.3, -0.25) is 11.3 Å². The Morgan fingerprint density at radius 1 is 1.56 bits per heavy atom. The SMILES string of the molecule is NNCC=C1SCCS1. The van der Waals surface area contributed by atoms with E-state index in [0.29, 0.717) is 0 Å². The number of thioether (sulfide) groups is 2. The van der Waals surface area contributed by atoms with Gasteiger partial charge in [-0.05, 0) is 6.08 Å². The maximum atomic E-state index is 5.09. The summed E-state index contributed by atoms with van der Waals surface area (Å²) in [5.41, 5.74) is 2.59. The number of hydrogen-bond donors (Lipinski definition) is 2. The van der Waals surface area contributed by atoms with Crippen molar-refractivity contribution in [3.8, 4) is 0 Å². The fourth-order valence-corrected chi connectivity index (χ4v) is 2.89. The number of nitrogens with one attached hydrogen (secondary N) is 1. The van der Waals surface area contributed by atoms with Crippen LogP contribution in [0.15, 0.2) is 10.3 Å². The summed E-state index contributed by atoms with van der Waals surface area (Å²) in [5.74, 6) is 7.60. The molecule has 0 aromatic rings. The van der Waals surface area contributed by atoms with Crippen LogP contribution >= 0.6 is 23.5 Å². The van der Waals surface area contributed by atoms with Crippen LogP contribution in [0.3, 0.4) is 0 Å². The molecule has 0 amide bonds. The summed E-state index contributed by atoms with van der Waals surface area (Å²) >= 11 is 3.82. The molecule has 9 heavy (non-hydrogen) atoms. The van der Waals surface area contributed by atoms with E-state index >= 15 is 0 Å². The monoisotopic (exact) mass is 162 g/mol. The normalized spacial score (nSPS) is 18.6. The smallest absolute Gasteiger partial charge is 0.0374 e. The van der Waals surface area contributed by atoms with Gasteiger partial charge in [-0.1, -0.05) is 0 Å². The van der Waals surface area contributed by atoms with E-state index in [-0.39, 0.29) is 0 Å². The summed E-state index contributed by atoms with van der Waals surface area (Å²) in [5, 5.41) is 0. The molecule has 0 spiro atoms. The fraction of sp³-hybridized carbons (Fsp3) is 0.600. The van der Waals surface area contributed by atoms with Gasteiger partial charge in [0.25, 0.3) is 0 Å². The van der Waals surface area contributed by atoms with Crippen LogP contribution < -0.4 is 11.3 Å². The van der Waals surface area contributed by atoms with Crippen LogP contribution in [0.5, 0.6) is 0 Å². The maximum absolute atomic E-state index is 5.09. The molecule has 0 saturated carbocycles. The Hall–Kier alpha value is 0.360. The largest absolute Gasteiger partial charge is 0.271 e. The summed E-state index contributed by atoms with van der Waals surface area (Å²) in [6.07, 6.45) is 2.13. The molecular weight excluding hydrogens is 152 g/mol. The van der Waals surface area contributed by atoms with Crippen LogP contribution in [0.2, 0.25) is 0 Å². The van der Waals surface area contributed by atoms with Gasteiger partial charge in [0.15, 0.2) is 0 Å². The van der Waals surface area contributed by atoms with Crippen molar-refractivity contribution in [2.75, 3.05) is 18.1 Å². The van der Waals surface area contributed by atoms with E-state index in [1.54, 1.807) is 0 Å². The average Bonchev–Trinajstić information content (AvgIpc) is 2.34. The first kappa shape index (κ1) is 7.47. The van der Waals surface area contributed by atoms with Crippen LogP contribution in [0.1, 0.15) is 0 Å². The Labute approximate surface area is 63.6 Å². The summed E-state index contributed by atoms with van der Waals surface area (Å²) in [6, 6.07) is 0. The zero-order valence-corrected chi connectivity index (χ0v) is 6.73. The van der Waals surface area contributed by atoms with Gasteiger partial charge in [0.2, 0.25) is 0 Å². The standard InChI is InChI=1S/C5H10N2S2/c6-7-2-1-5-8-3-4-9-5/h1,7H,2-4,6H2. The molecule has 0 atom stereocenters. The third kappa shape index (κ3) is 2.62. The first-order valence-corrected chi connectivity index (χ1v) is 4.80. The van der Waals surface area contributed by atoms with Crippen molar-refractivity contribution < 1.29 is 0 Å². The zero-order chi connectivity index (χ0) is 6.53. The van der Waals surface area contributed by atoms with E-state index in [1.807, 2.05) is 23.5 Å². The second kappa shape index (κ2) is 4.22. The molecule has 1 aliphatic rings. The van der Waals surface area contributed by atoms with Crippen LogP contribution in [-0.4, -0.2) is 18.1 Å². The summed E-state index contributed by atoms with van der Waals surface area (Å²) in [4.78, 5) is 0. The molecule has 0 aromatic heterocycles. The van der Waals surface area contributed by atoms with E-state index in [2.05, 4.69) is 11.5 Å². The lowest BCUT2D eigenvalue weighted by molar-refractivity contribution is 0.824. The number of nitrogens with two attached hydrogens (primary N) is 1. The topological polar surface area (TPSA) is 38.0 Å². The molecule has 0 bridgehead atoms. The highest BCUT2D eigenvalue weighted by Crippen LogP contribution is 2.35. The molecule has 3 N–H and O–H groups in total. The molecule has 1 heterocycles. The summed E-state index contributed by atoms with van der Waals surface area (Å²) < 4.78 is 1.41. The molecule has 1 rings (SSSR count). The van der Waals surface area contributed by atoms with Crippen molar-refractivity contribution in [1.29, 1.82) is 0 Å². The Balaban J connectivity index is 2.22. The Bertz CT molecular complexity index is 106. The highest BCUT2D eigenvalue weighted by atomic mass is 32.2. The molecular formula is C5H10N2S2. The van der Waals surface area contributed by atoms with Gasteiger partial charge in [-0.2, -0.15) is 0 Å². The Morgan fingerprint density at radius 3 is 2.78 bits per heavy atom. The van der Waals surface area contributed by atoms with Crippen LogP contribution in [-0.2, 0) is 0 Å². The predicted molar refractivity (Wildman–Crippen MR) is 45.2 cm³/mol. The van der Waals surface area contributed by atoms with Gasteiger partial charge in [-0.15, -0.1) is 23.5 Å². The van der Waals surface area contributed by atoms with E-state index in [0.717, 1.165) is 6.54 Å². The number of hydrazine groups is 1. The molecule has 0 aliphatic carbocycles. The molecule has 4 heteroatoms. The van der Waals surface area contributed by atoms with Crippen LogP contribution in [0.25, 0.3) is 0 Å². The number of hydrogen-bond acceptors (Lipinski definition) is 4. The molecule has 1 saturated heterocycles. The van der Waals surface area contributed by atoms with Gasteiger partial charge in [0.1, 0.15) is 0 Å². The first-order chi connectivity index (χ1) is 4.43. The van der Waals surface area contributed by atoms with Gasteiger partial charge < -0.3 is 0 Å². The minimum Gasteiger partial charge on any atom is -0.271 e. The highest BCUT2D eigenvalue weighted by Gasteiger charge is 2.05. The van der Waals surface area contributed by atoms with Crippen molar-refractivity contribution in [3.63, 3.8) is 0 Å². The van der Waals surface area contributed by atoms with Crippen LogP contribution in [0, 0.1) is 0 Å².